The average molecular weight is 598 g/mol. The topological polar surface area (TPSA) is 98.5 Å². The normalized spacial score (nSPS) is 23.2. The Morgan fingerprint density at radius 3 is 1.50 bits per heavy atom. The molecule has 8 heteroatoms. The maximum atomic E-state index is 13.4. The van der Waals surface area contributed by atoms with Gasteiger partial charge in [-0.15, -0.1) is 0 Å². The Labute approximate surface area is 258 Å². The Bertz CT molecular complexity index is 1410. The summed E-state index contributed by atoms with van der Waals surface area (Å²) in [6, 6.07) is 39.0. The highest BCUT2D eigenvalue weighted by atomic mass is 16.7. The fraction of sp³-hybridized carbons (Fsp3) is 0.306. The number of nitrogens with two attached hydrogens (primary N) is 1. The van der Waals surface area contributed by atoms with Crippen LogP contribution in [0.2, 0.25) is 0 Å². The van der Waals surface area contributed by atoms with Gasteiger partial charge < -0.3 is 28.4 Å². The Morgan fingerprint density at radius 1 is 0.636 bits per heavy atom. The molecule has 1 aliphatic heterocycles. The van der Waals surface area contributed by atoms with Crippen molar-refractivity contribution in [2.75, 3.05) is 13.7 Å². The van der Waals surface area contributed by atoms with Crippen molar-refractivity contribution in [2.45, 2.75) is 56.6 Å². The van der Waals surface area contributed by atoms with Crippen LogP contribution < -0.4 is 5.73 Å². The molecule has 4 aromatic rings. The minimum atomic E-state index is -2.00. The Morgan fingerprint density at radius 2 is 1.05 bits per heavy atom. The second kappa shape index (κ2) is 15.7. The molecular formula is C36H39NO7. The quantitative estimate of drug-likeness (QED) is 0.199. The van der Waals surface area contributed by atoms with Crippen LogP contribution in [0.3, 0.4) is 0 Å². The first-order chi connectivity index (χ1) is 21.6. The minimum Gasteiger partial charge on any atom is -0.466 e. The van der Waals surface area contributed by atoms with Gasteiger partial charge in [0.05, 0.1) is 40.1 Å². The molecule has 230 valence electrons. The molecule has 0 bridgehead atoms. The predicted octanol–water partition coefficient (Wildman–Crippen LogP) is 5.19. The second-order valence-corrected chi connectivity index (χ2v) is 10.7. The van der Waals surface area contributed by atoms with Gasteiger partial charge in [0.2, 0.25) is 5.72 Å². The summed E-state index contributed by atoms with van der Waals surface area (Å²) in [5.74, 6) is -0.779. The summed E-state index contributed by atoms with van der Waals surface area (Å²) in [4.78, 5) is 13.4. The SMILES string of the molecule is COC(=O)[C@]1(N)O[C@H](COCc2ccccc2)[C@H](OCc2ccccc2)[C@H](OCc2ccccc2)[C@H]1OCc1ccccc1. The van der Waals surface area contributed by atoms with E-state index in [1.807, 2.05) is 121 Å². The second-order valence-electron chi connectivity index (χ2n) is 10.7. The maximum absolute atomic E-state index is 13.4. The number of benzene rings is 4. The summed E-state index contributed by atoms with van der Waals surface area (Å²) in [6.07, 6.45) is -3.41. The third-order valence-electron chi connectivity index (χ3n) is 7.50. The monoisotopic (exact) mass is 597 g/mol. The van der Waals surface area contributed by atoms with E-state index in [-0.39, 0.29) is 26.4 Å². The molecular weight excluding hydrogens is 558 g/mol. The molecule has 0 unspecified atom stereocenters. The molecule has 44 heavy (non-hydrogen) atoms. The highest BCUT2D eigenvalue weighted by molar-refractivity contribution is 5.80. The minimum absolute atomic E-state index is 0.0842. The van der Waals surface area contributed by atoms with Crippen LogP contribution in [0.15, 0.2) is 121 Å². The highest BCUT2D eigenvalue weighted by Crippen LogP contribution is 2.35. The summed E-state index contributed by atoms with van der Waals surface area (Å²) < 4.78 is 37.2. The molecule has 1 heterocycles. The largest absolute Gasteiger partial charge is 0.466 e. The summed E-state index contributed by atoms with van der Waals surface area (Å²) in [6.45, 7) is 1.09. The predicted molar refractivity (Wildman–Crippen MR) is 165 cm³/mol. The Balaban J connectivity index is 1.47. The van der Waals surface area contributed by atoms with Gasteiger partial charge in [0.25, 0.3) is 0 Å². The van der Waals surface area contributed by atoms with Gasteiger partial charge in [0.15, 0.2) is 0 Å². The lowest BCUT2D eigenvalue weighted by Crippen LogP contribution is -2.73. The number of rotatable bonds is 14. The molecule has 0 amide bonds. The number of esters is 1. The van der Waals surface area contributed by atoms with Crippen molar-refractivity contribution < 1.29 is 33.2 Å². The van der Waals surface area contributed by atoms with Crippen LogP contribution in [0.1, 0.15) is 22.3 Å². The summed E-state index contributed by atoms with van der Waals surface area (Å²) in [5.41, 5.74) is 8.62. The first-order valence-corrected chi connectivity index (χ1v) is 14.7. The Hall–Kier alpha value is -3.89. The van der Waals surface area contributed by atoms with Crippen molar-refractivity contribution in [3.63, 3.8) is 0 Å². The maximum Gasteiger partial charge on any atom is 0.356 e. The Kier molecular flexibility index (Phi) is 11.3. The molecule has 0 aromatic heterocycles. The summed E-state index contributed by atoms with van der Waals surface area (Å²) in [7, 11) is 1.27. The first kappa shape index (κ1) is 31.5. The lowest BCUT2D eigenvalue weighted by molar-refractivity contribution is -0.303. The fourth-order valence-electron chi connectivity index (χ4n) is 5.23. The van der Waals surface area contributed by atoms with Crippen LogP contribution in [0, 0.1) is 0 Å². The van der Waals surface area contributed by atoms with Crippen molar-refractivity contribution in [3.05, 3.63) is 144 Å². The molecule has 5 rings (SSSR count). The molecule has 4 aromatic carbocycles. The van der Waals surface area contributed by atoms with E-state index in [4.69, 9.17) is 34.2 Å². The zero-order valence-electron chi connectivity index (χ0n) is 24.8. The van der Waals surface area contributed by atoms with Crippen LogP contribution in [0.5, 0.6) is 0 Å². The zero-order valence-corrected chi connectivity index (χ0v) is 24.8. The van der Waals surface area contributed by atoms with Gasteiger partial charge in [0, 0.05) is 0 Å². The molecule has 0 spiro atoms. The van der Waals surface area contributed by atoms with Crippen molar-refractivity contribution in [1.82, 2.24) is 0 Å². The van der Waals surface area contributed by atoms with E-state index in [1.54, 1.807) is 0 Å². The van der Waals surface area contributed by atoms with Crippen molar-refractivity contribution >= 4 is 5.97 Å². The molecule has 2 N–H and O–H groups in total. The van der Waals surface area contributed by atoms with Crippen LogP contribution in [-0.2, 0) is 59.6 Å². The van der Waals surface area contributed by atoms with Gasteiger partial charge >= 0.3 is 5.97 Å². The number of carbonyl (C=O) groups excluding carboxylic acids is 1. The van der Waals surface area contributed by atoms with Crippen LogP contribution in [0.4, 0.5) is 0 Å². The highest BCUT2D eigenvalue weighted by Gasteiger charge is 2.59. The van der Waals surface area contributed by atoms with Crippen molar-refractivity contribution in [1.29, 1.82) is 0 Å². The van der Waals surface area contributed by atoms with E-state index >= 15 is 0 Å². The molecule has 0 aliphatic carbocycles. The van der Waals surface area contributed by atoms with Crippen LogP contribution in [-0.4, -0.2) is 49.8 Å². The van der Waals surface area contributed by atoms with E-state index in [0.29, 0.717) is 6.61 Å². The zero-order chi connectivity index (χ0) is 30.6. The van der Waals surface area contributed by atoms with Gasteiger partial charge in [-0.25, -0.2) is 4.79 Å². The molecule has 0 radical (unpaired) electrons. The van der Waals surface area contributed by atoms with Crippen molar-refractivity contribution in [3.8, 4) is 0 Å². The van der Waals surface area contributed by atoms with E-state index in [9.17, 15) is 4.79 Å². The average Bonchev–Trinajstić information content (AvgIpc) is 3.08. The van der Waals surface area contributed by atoms with Crippen LogP contribution in [0.25, 0.3) is 0 Å². The van der Waals surface area contributed by atoms with Crippen molar-refractivity contribution in [2.24, 2.45) is 5.73 Å². The standard InChI is InChI=1S/C36H39NO7/c1-39-35(38)36(37)34(43-25-30-20-12-5-13-21-30)33(42-24-29-18-10-4-11-19-29)32(41-23-28-16-8-3-9-17-28)31(44-36)26-40-22-27-14-6-2-7-15-27/h2-21,31-34H,22-26,37H2,1H3/t31-,32+,33+,34-,36-/m1/s1. The summed E-state index contributed by atoms with van der Waals surface area (Å²) >= 11 is 0. The van der Waals surface area contributed by atoms with Gasteiger partial charge in [0.1, 0.15) is 24.4 Å². The first-order valence-electron chi connectivity index (χ1n) is 14.7. The smallest absolute Gasteiger partial charge is 0.356 e. The van der Waals surface area contributed by atoms with E-state index in [2.05, 4.69) is 0 Å². The molecule has 5 atom stereocenters. The number of carbonyl (C=O) groups is 1. The molecule has 1 fully saturated rings. The third-order valence-corrected chi connectivity index (χ3v) is 7.50. The third kappa shape index (κ3) is 8.18. The van der Waals surface area contributed by atoms with Gasteiger partial charge in [-0.1, -0.05) is 121 Å². The number of hydrogen-bond acceptors (Lipinski definition) is 8. The van der Waals surface area contributed by atoms with Gasteiger partial charge in [-0.2, -0.15) is 0 Å². The fourth-order valence-corrected chi connectivity index (χ4v) is 5.23. The molecule has 0 saturated carbocycles. The van der Waals surface area contributed by atoms with Crippen LogP contribution >= 0.6 is 0 Å². The number of methoxy groups -OCH3 is 1. The lowest BCUT2D eigenvalue weighted by Gasteiger charge is -2.49. The lowest BCUT2D eigenvalue weighted by atomic mass is 9.90. The van der Waals surface area contributed by atoms with Gasteiger partial charge in [-0.05, 0) is 22.3 Å². The summed E-state index contributed by atoms with van der Waals surface area (Å²) in [5, 5.41) is 0. The van der Waals surface area contributed by atoms with E-state index in [1.165, 1.54) is 7.11 Å². The van der Waals surface area contributed by atoms with Gasteiger partial charge in [-0.3, -0.25) is 5.73 Å². The number of ether oxygens (including phenoxy) is 6. The molecule has 1 saturated heterocycles. The van der Waals surface area contributed by atoms with E-state index in [0.717, 1.165) is 22.3 Å². The molecule has 1 aliphatic rings. The molecule has 8 nitrogen and oxygen atoms in total. The number of hydrogen-bond donors (Lipinski definition) is 1. The van der Waals surface area contributed by atoms with E-state index < -0.39 is 36.1 Å².